The van der Waals surface area contributed by atoms with E-state index in [1.807, 2.05) is 12.1 Å². The highest BCUT2D eigenvalue weighted by atomic mass is 16.5. The molecule has 0 atom stereocenters. The highest BCUT2D eigenvalue weighted by molar-refractivity contribution is 5.52. The Kier molecular flexibility index (Phi) is 5.44. The van der Waals surface area contributed by atoms with Gasteiger partial charge >= 0.3 is 0 Å². The number of hydrogen-bond acceptors (Lipinski definition) is 2. The van der Waals surface area contributed by atoms with Crippen LogP contribution in [0.1, 0.15) is 30.9 Å². The fraction of sp³-hybridized carbons (Fsp3) is 0.263. The van der Waals surface area contributed by atoms with Crippen LogP contribution in [0.4, 0.5) is 5.69 Å². The Bertz CT molecular complexity index is 572. The van der Waals surface area contributed by atoms with Crippen LogP contribution in [-0.4, -0.2) is 6.61 Å². The molecule has 2 aromatic rings. The van der Waals surface area contributed by atoms with Crippen LogP contribution in [0.2, 0.25) is 0 Å². The van der Waals surface area contributed by atoms with Crippen molar-refractivity contribution in [2.75, 3.05) is 11.9 Å². The molecular weight excluding hydrogens is 258 g/mol. The molecule has 2 rings (SSSR count). The van der Waals surface area contributed by atoms with Gasteiger partial charge in [0.2, 0.25) is 0 Å². The largest absolute Gasteiger partial charge is 0.490 e. The van der Waals surface area contributed by atoms with Crippen molar-refractivity contribution in [3.63, 3.8) is 0 Å². The molecule has 2 nitrogen and oxygen atoms in total. The van der Waals surface area contributed by atoms with Crippen LogP contribution in [0.3, 0.4) is 0 Å². The molecule has 0 aromatic heterocycles. The van der Waals surface area contributed by atoms with E-state index in [-0.39, 0.29) is 0 Å². The Balaban J connectivity index is 1.98. The maximum atomic E-state index is 5.49. The van der Waals surface area contributed by atoms with Crippen molar-refractivity contribution >= 4 is 5.69 Å². The van der Waals surface area contributed by atoms with Crippen LogP contribution in [0, 0.1) is 0 Å². The zero-order chi connectivity index (χ0) is 15.1. The molecule has 0 heterocycles. The Morgan fingerprint density at radius 1 is 1.10 bits per heavy atom. The van der Waals surface area contributed by atoms with Crippen LogP contribution in [0.5, 0.6) is 5.75 Å². The molecule has 2 heteroatoms. The lowest BCUT2D eigenvalue weighted by Crippen LogP contribution is -2.03. The van der Waals surface area contributed by atoms with Crippen LogP contribution in [-0.2, 0) is 6.54 Å². The van der Waals surface area contributed by atoms with Crippen molar-refractivity contribution in [3.8, 4) is 5.75 Å². The molecule has 2 aromatic carbocycles. The predicted octanol–water partition coefficient (Wildman–Crippen LogP) is 4.99. The van der Waals surface area contributed by atoms with E-state index in [9.17, 15) is 0 Å². The summed E-state index contributed by atoms with van der Waals surface area (Å²) in [6, 6.07) is 16.6. The highest BCUT2D eigenvalue weighted by Crippen LogP contribution is 2.24. The molecule has 0 unspecified atom stereocenters. The van der Waals surface area contributed by atoms with Gasteiger partial charge in [-0.3, -0.25) is 0 Å². The molecule has 0 aliphatic rings. The first-order chi connectivity index (χ1) is 10.2. The molecule has 0 aliphatic carbocycles. The van der Waals surface area contributed by atoms with Crippen LogP contribution in [0.25, 0.3) is 0 Å². The molecule has 0 fully saturated rings. The number of ether oxygens (including phenoxy) is 1. The number of para-hydroxylation sites is 1. The van der Waals surface area contributed by atoms with E-state index in [2.05, 4.69) is 62.1 Å². The Labute approximate surface area is 127 Å². The third-order valence-corrected chi connectivity index (χ3v) is 3.36. The van der Waals surface area contributed by atoms with Crippen molar-refractivity contribution in [1.82, 2.24) is 0 Å². The lowest BCUT2D eigenvalue weighted by molar-refractivity contribution is 0.363. The van der Waals surface area contributed by atoms with E-state index in [0.717, 1.165) is 12.3 Å². The second-order valence-corrected chi connectivity index (χ2v) is 5.34. The van der Waals surface area contributed by atoms with Gasteiger partial charge in [0, 0.05) is 12.2 Å². The minimum atomic E-state index is 0.517. The first-order valence-corrected chi connectivity index (χ1v) is 7.36. The van der Waals surface area contributed by atoms with Gasteiger partial charge in [-0.15, -0.1) is 0 Å². The average molecular weight is 281 g/mol. The van der Waals surface area contributed by atoms with Gasteiger partial charge in [-0.05, 0) is 35.2 Å². The zero-order valence-electron chi connectivity index (χ0n) is 12.8. The normalized spacial score (nSPS) is 10.4. The lowest BCUT2D eigenvalue weighted by Gasteiger charge is -2.14. The van der Waals surface area contributed by atoms with Gasteiger partial charge in [0.1, 0.15) is 12.4 Å². The number of hydrogen-bond donors (Lipinski definition) is 1. The van der Waals surface area contributed by atoms with Crippen molar-refractivity contribution in [2.24, 2.45) is 0 Å². The molecule has 0 bridgehead atoms. The van der Waals surface area contributed by atoms with E-state index in [1.54, 1.807) is 6.08 Å². The molecule has 0 saturated heterocycles. The molecular formula is C19H23NO. The zero-order valence-corrected chi connectivity index (χ0v) is 12.8. The first kappa shape index (κ1) is 15.2. The smallest absolute Gasteiger partial charge is 0.119 e. The van der Waals surface area contributed by atoms with Gasteiger partial charge in [0.05, 0.1) is 0 Å². The maximum Gasteiger partial charge on any atom is 0.119 e. The van der Waals surface area contributed by atoms with Gasteiger partial charge in [0.15, 0.2) is 0 Å². The minimum Gasteiger partial charge on any atom is -0.490 e. The number of benzene rings is 2. The SMILES string of the molecule is C=CCOc1ccc(CNc2ccccc2C(C)C)cc1. The van der Waals surface area contributed by atoms with Gasteiger partial charge < -0.3 is 10.1 Å². The quantitative estimate of drug-likeness (QED) is 0.722. The molecule has 21 heavy (non-hydrogen) atoms. The Morgan fingerprint density at radius 2 is 1.81 bits per heavy atom. The third-order valence-electron chi connectivity index (χ3n) is 3.36. The second-order valence-electron chi connectivity index (χ2n) is 5.34. The monoisotopic (exact) mass is 281 g/mol. The van der Waals surface area contributed by atoms with Crippen molar-refractivity contribution in [1.29, 1.82) is 0 Å². The van der Waals surface area contributed by atoms with Crippen LogP contribution >= 0.6 is 0 Å². The number of anilines is 1. The fourth-order valence-corrected chi connectivity index (χ4v) is 2.22. The summed E-state index contributed by atoms with van der Waals surface area (Å²) >= 11 is 0. The third kappa shape index (κ3) is 4.38. The molecule has 1 N–H and O–H groups in total. The molecule has 0 aliphatic heterocycles. The summed E-state index contributed by atoms with van der Waals surface area (Å²) < 4.78 is 5.49. The number of nitrogens with one attached hydrogen (secondary N) is 1. The fourth-order valence-electron chi connectivity index (χ4n) is 2.22. The van der Waals surface area contributed by atoms with Gasteiger partial charge in [-0.25, -0.2) is 0 Å². The number of rotatable bonds is 7. The molecule has 0 amide bonds. The maximum absolute atomic E-state index is 5.49. The van der Waals surface area contributed by atoms with E-state index in [4.69, 9.17) is 4.74 Å². The summed E-state index contributed by atoms with van der Waals surface area (Å²) in [5.74, 6) is 1.39. The van der Waals surface area contributed by atoms with E-state index >= 15 is 0 Å². The summed E-state index contributed by atoms with van der Waals surface area (Å²) in [7, 11) is 0. The summed E-state index contributed by atoms with van der Waals surface area (Å²) in [5.41, 5.74) is 3.79. The standard InChI is InChI=1S/C19H23NO/c1-4-13-21-17-11-9-16(10-12-17)14-20-19-8-6-5-7-18(19)15(2)3/h4-12,15,20H,1,13-14H2,2-3H3. The van der Waals surface area contributed by atoms with Gasteiger partial charge in [-0.1, -0.05) is 56.8 Å². The van der Waals surface area contributed by atoms with E-state index in [1.165, 1.54) is 16.8 Å². The van der Waals surface area contributed by atoms with Gasteiger partial charge in [-0.2, -0.15) is 0 Å². The second kappa shape index (κ2) is 7.53. The summed E-state index contributed by atoms with van der Waals surface area (Å²) in [5, 5.41) is 3.52. The van der Waals surface area contributed by atoms with Crippen molar-refractivity contribution < 1.29 is 4.74 Å². The molecule has 0 saturated carbocycles. The predicted molar refractivity (Wildman–Crippen MR) is 90.0 cm³/mol. The molecule has 0 radical (unpaired) electrons. The Hall–Kier alpha value is -2.22. The van der Waals surface area contributed by atoms with Crippen molar-refractivity contribution in [3.05, 3.63) is 72.3 Å². The highest BCUT2D eigenvalue weighted by Gasteiger charge is 2.05. The van der Waals surface area contributed by atoms with Crippen LogP contribution < -0.4 is 10.1 Å². The van der Waals surface area contributed by atoms with E-state index in [0.29, 0.717) is 12.5 Å². The summed E-state index contributed by atoms with van der Waals surface area (Å²) in [6.07, 6.45) is 1.75. The Morgan fingerprint density at radius 3 is 2.48 bits per heavy atom. The average Bonchev–Trinajstić information content (AvgIpc) is 2.52. The van der Waals surface area contributed by atoms with Gasteiger partial charge in [0.25, 0.3) is 0 Å². The topological polar surface area (TPSA) is 21.3 Å². The molecule has 0 spiro atoms. The van der Waals surface area contributed by atoms with Crippen LogP contribution in [0.15, 0.2) is 61.2 Å². The minimum absolute atomic E-state index is 0.517. The van der Waals surface area contributed by atoms with Crippen molar-refractivity contribution in [2.45, 2.75) is 26.3 Å². The summed E-state index contributed by atoms with van der Waals surface area (Å²) in [4.78, 5) is 0. The van der Waals surface area contributed by atoms with E-state index < -0.39 is 0 Å². The summed E-state index contributed by atoms with van der Waals surface area (Å²) in [6.45, 7) is 9.42. The molecule has 110 valence electrons. The first-order valence-electron chi connectivity index (χ1n) is 7.36. The lowest BCUT2D eigenvalue weighted by atomic mass is 10.0.